The number of benzene rings is 1. The third kappa shape index (κ3) is 2.72. The van der Waals surface area contributed by atoms with Crippen molar-refractivity contribution in [2.45, 2.75) is 12.5 Å². The van der Waals surface area contributed by atoms with Crippen LogP contribution in [0.3, 0.4) is 0 Å². The second-order valence-corrected chi connectivity index (χ2v) is 5.38. The minimum atomic E-state index is -2.03. The van der Waals surface area contributed by atoms with Crippen LogP contribution in [0.5, 0.6) is 0 Å². The first-order valence-corrected chi connectivity index (χ1v) is 6.60. The van der Waals surface area contributed by atoms with Crippen LogP contribution in [0.2, 0.25) is 5.02 Å². The van der Waals surface area contributed by atoms with Crippen LogP contribution in [0.4, 0.5) is 0 Å². The maximum atomic E-state index is 12.2. The Kier molecular flexibility index (Phi) is 3.93. The summed E-state index contributed by atoms with van der Waals surface area (Å²) < 4.78 is 1.63. The molecule has 0 saturated heterocycles. The van der Waals surface area contributed by atoms with E-state index >= 15 is 0 Å². The van der Waals surface area contributed by atoms with E-state index in [-0.39, 0.29) is 5.69 Å². The quantitative estimate of drug-likeness (QED) is 0.796. The Hall–Kier alpha value is -2.05. The van der Waals surface area contributed by atoms with Crippen molar-refractivity contribution < 1.29 is 19.8 Å². The Labute approximate surface area is 125 Å². The largest absolute Gasteiger partial charge is 0.479 e. The SMILES string of the molecule is Cn1c(C(=O)NCC(C)(O)C(=O)O)c(Cl)c2ccccc21. The Morgan fingerprint density at radius 1 is 1.38 bits per heavy atom. The summed E-state index contributed by atoms with van der Waals surface area (Å²) in [5.74, 6) is -1.95. The Morgan fingerprint density at radius 2 is 2.00 bits per heavy atom. The molecule has 0 spiro atoms. The highest BCUT2D eigenvalue weighted by Gasteiger charge is 2.31. The summed E-state index contributed by atoms with van der Waals surface area (Å²) in [7, 11) is 1.69. The summed E-state index contributed by atoms with van der Waals surface area (Å²) in [5, 5.41) is 21.8. The molecular formula is C14H15ClN2O4. The van der Waals surface area contributed by atoms with Gasteiger partial charge in [0.25, 0.3) is 5.91 Å². The van der Waals surface area contributed by atoms with E-state index in [1.54, 1.807) is 17.7 Å². The van der Waals surface area contributed by atoms with Crippen LogP contribution in [0.25, 0.3) is 10.9 Å². The fraction of sp³-hybridized carbons (Fsp3) is 0.286. The lowest BCUT2D eigenvalue weighted by Gasteiger charge is -2.18. The molecule has 1 amide bonds. The van der Waals surface area contributed by atoms with Crippen molar-refractivity contribution >= 4 is 34.4 Å². The normalized spacial score (nSPS) is 13.9. The molecule has 112 valence electrons. The van der Waals surface area contributed by atoms with Crippen LogP contribution >= 0.6 is 11.6 Å². The number of nitrogens with zero attached hydrogens (tertiary/aromatic N) is 1. The lowest BCUT2D eigenvalue weighted by Crippen LogP contribution is -2.46. The van der Waals surface area contributed by atoms with E-state index in [0.717, 1.165) is 17.8 Å². The molecule has 0 aliphatic heterocycles. The van der Waals surface area contributed by atoms with Crippen LogP contribution in [-0.2, 0) is 11.8 Å². The molecule has 0 fully saturated rings. The molecule has 1 heterocycles. The summed E-state index contributed by atoms with van der Waals surface area (Å²) >= 11 is 6.21. The summed E-state index contributed by atoms with van der Waals surface area (Å²) in [6.07, 6.45) is 0. The number of hydrogen-bond donors (Lipinski definition) is 3. The number of hydrogen-bond acceptors (Lipinski definition) is 3. The van der Waals surface area contributed by atoms with E-state index in [2.05, 4.69) is 5.32 Å². The zero-order valence-corrected chi connectivity index (χ0v) is 12.3. The molecule has 3 N–H and O–H groups in total. The van der Waals surface area contributed by atoms with Crippen LogP contribution in [0.15, 0.2) is 24.3 Å². The number of amides is 1. The average molecular weight is 311 g/mol. The summed E-state index contributed by atoms with van der Waals surface area (Å²) in [6.45, 7) is 0.692. The van der Waals surface area contributed by atoms with Gasteiger partial charge in [0.15, 0.2) is 5.60 Å². The number of aryl methyl sites for hydroxylation is 1. The van der Waals surface area contributed by atoms with Gasteiger partial charge in [0.05, 0.1) is 11.6 Å². The molecule has 1 aromatic heterocycles. The van der Waals surface area contributed by atoms with Gasteiger partial charge in [0.2, 0.25) is 0 Å². The van der Waals surface area contributed by atoms with Crippen LogP contribution in [0.1, 0.15) is 17.4 Å². The first-order valence-electron chi connectivity index (χ1n) is 6.22. The first kappa shape index (κ1) is 15.3. The van der Waals surface area contributed by atoms with Gasteiger partial charge in [-0.05, 0) is 13.0 Å². The van der Waals surface area contributed by atoms with E-state index in [1.807, 2.05) is 18.2 Å². The number of aliphatic hydroxyl groups is 1. The lowest BCUT2D eigenvalue weighted by atomic mass is 10.1. The zero-order valence-electron chi connectivity index (χ0n) is 11.6. The number of halogens is 1. The zero-order chi connectivity index (χ0) is 15.8. The number of carbonyl (C=O) groups excluding carboxylic acids is 1. The number of aromatic nitrogens is 1. The predicted octanol–water partition coefficient (Wildman–Crippen LogP) is 1.40. The second-order valence-electron chi connectivity index (χ2n) is 5.00. The molecule has 1 atom stereocenters. The molecule has 0 radical (unpaired) electrons. The summed E-state index contributed by atoms with van der Waals surface area (Å²) in [5.41, 5.74) is -1.02. The fourth-order valence-corrected chi connectivity index (χ4v) is 2.38. The molecule has 0 saturated carbocycles. The van der Waals surface area contributed by atoms with Crippen molar-refractivity contribution in [2.75, 3.05) is 6.54 Å². The Bertz CT molecular complexity index is 682. The molecule has 21 heavy (non-hydrogen) atoms. The first-order chi connectivity index (χ1) is 9.75. The molecule has 7 heteroatoms. The number of carboxylic acids is 1. The maximum absolute atomic E-state index is 12.2. The number of carboxylic acid groups (broad SMARTS) is 1. The third-order valence-electron chi connectivity index (χ3n) is 3.31. The Balaban J connectivity index is 2.30. The summed E-state index contributed by atoms with van der Waals surface area (Å²) in [6, 6.07) is 7.26. The van der Waals surface area contributed by atoms with Gasteiger partial charge in [0.1, 0.15) is 5.69 Å². The molecule has 2 rings (SSSR count). The molecule has 1 unspecified atom stereocenters. The van der Waals surface area contributed by atoms with Crippen LogP contribution in [0, 0.1) is 0 Å². The maximum Gasteiger partial charge on any atom is 0.337 e. The second kappa shape index (κ2) is 5.38. The lowest BCUT2D eigenvalue weighted by molar-refractivity contribution is -0.155. The number of rotatable bonds is 4. The number of carbonyl (C=O) groups is 2. The molecule has 2 aromatic rings. The fourth-order valence-electron chi connectivity index (χ4n) is 2.01. The van der Waals surface area contributed by atoms with Gasteiger partial charge in [-0.2, -0.15) is 0 Å². The van der Waals surface area contributed by atoms with E-state index in [4.69, 9.17) is 16.7 Å². The van der Waals surface area contributed by atoms with E-state index in [0.29, 0.717) is 5.02 Å². The van der Waals surface area contributed by atoms with Crippen molar-refractivity contribution in [3.05, 3.63) is 35.0 Å². The van der Waals surface area contributed by atoms with Crippen LogP contribution in [-0.4, -0.2) is 38.8 Å². The van der Waals surface area contributed by atoms with Gasteiger partial charge in [-0.3, -0.25) is 4.79 Å². The van der Waals surface area contributed by atoms with Gasteiger partial charge >= 0.3 is 5.97 Å². The number of para-hydroxylation sites is 1. The summed E-state index contributed by atoms with van der Waals surface area (Å²) in [4.78, 5) is 23.0. The van der Waals surface area contributed by atoms with Gasteiger partial charge in [-0.15, -0.1) is 0 Å². The van der Waals surface area contributed by atoms with Gasteiger partial charge in [-0.1, -0.05) is 29.8 Å². The molecule has 1 aromatic carbocycles. The standard InChI is InChI=1S/C14H15ClN2O4/c1-14(21,13(19)20)7-16-12(18)11-10(15)8-5-3-4-6-9(8)17(11)2/h3-6,21H,7H2,1-2H3,(H,16,18)(H,19,20). The molecule has 0 aliphatic rings. The predicted molar refractivity (Wildman–Crippen MR) is 78.5 cm³/mol. The highest BCUT2D eigenvalue weighted by atomic mass is 35.5. The van der Waals surface area contributed by atoms with Crippen molar-refractivity contribution in [1.29, 1.82) is 0 Å². The van der Waals surface area contributed by atoms with Gasteiger partial charge < -0.3 is 20.1 Å². The van der Waals surface area contributed by atoms with Crippen molar-refractivity contribution in [3.63, 3.8) is 0 Å². The number of aliphatic carboxylic acids is 1. The van der Waals surface area contributed by atoms with E-state index in [1.165, 1.54) is 0 Å². The smallest absolute Gasteiger partial charge is 0.337 e. The molecular weight excluding hydrogens is 296 g/mol. The monoisotopic (exact) mass is 310 g/mol. The van der Waals surface area contributed by atoms with Crippen molar-refractivity contribution in [1.82, 2.24) is 9.88 Å². The molecule has 6 nitrogen and oxygen atoms in total. The highest BCUT2D eigenvalue weighted by molar-refractivity contribution is 6.38. The van der Waals surface area contributed by atoms with E-state index < -0.39 is 24.0 Å². The van der Waals surface area contributed by atoms with Crippen LogP contribution < -0.4 is 5.32 Å². The minimum absolute atomic E-state index is 0.221. The van der Waals surface area contributed by atoms with Crippen molar-refractivity contribution in [2.24, 2.45) is 7.05 Å². The minimum Gasteiger partial charge on any atom is -0.479 e. The van der Waals surface area contributed by atoms with E-state index in [9.17, 15) is 14.7 Å². The topological polar surface area (TPSA) is 91.6 Å². The van der Waals surface area contributed by atoms with Gasteiger partial charge in [-0.25, -0.2) is 4.79 Å². The Morgan fingerprint density at radius 3 is 2.57 bits per heavy atom. The number of nitrogens with one attached hydrogen (secondary N) is 1. The third-order valence-corrected chi connectivity index (χ3v) is 3.70. The molecule has 0 aliphatic carbocycles. The average Bonchev–Trinajstić information content (AvgIpc) is 2.69. The van der Waals surface area contributed by atoms with Crippen molar-refractivity contribution in [3.8, 4) is 0 Å². The molecule has 0 bridgehead atoms. The highest BCUT2D eigenvalue weighted by Crippen LogP contribution is 2.29. The van der Waals surface area contributed by atoms with Gasteiger partial charge in [0, 0.05) is 18.0 Å². The number of fused-ring (bicyclic) bond motifs is 1.